The van der Waals surface area contributed by atoms with Crippen LogP contribution in [0.1, 0.15) is 23.8 Å². The second-order valence-electron chi connectivity index (χ2n) is 3.42. The molecule has 0 fully saturated rings. The number of amides is 1. The van der Waals surface area contributed by atoms with Crippen molar-refractivity contribution in [3.8, 4) is 0 Å². The first-order chi connectivity index (χ1) is 7.54. The first-order valence-corrected chi connectivity index (χ1v) is 4.92. The molecule has 7 nitrogen and oxygen atoms in total. The fourth-order valence-corrected chi connectivity index (χ4v) is 1.19. The smallest absolute Gasteiger partial charge is 0.358 e. The Hall–Kier alpha value is -1.92. The number of hydrogen-bond donors (Lipinski definition) is 1. The number of nitrogens with zero attached hydrogens (tertiary/aromatic N) is 4. The maximum absolute atomic E-state index is 11.6. The molecule has 0 unspecified atom stereocenters. The van der Waals surface area contributed by atoms with Crippen molar-refractivity contribution in [3.05, 3.63) is 11.9 Å². The van der Waals surface area contributed by atoms with E-state index in [0.29, 0.717) is 6.54 Å². The molecule has 0 aliphatic rings. The molecule has 0 aliphatic heterocycles. The molecule has 88 valence electrons. The van der Waals surface area contributed by atoms with Crippen molar-refractivity contribution in [1.82, 2.24) is 19.9 Å². The minimum atomic E-state index is -1.15. The van der Waals surface area contributed by atoms with Crippen molar-refractivity contribution < 1.29 is 14.7 Å². The molecule has 1 rings (SSSR count). The Labute approximate surface area is 92.7 Å². The number of carbonyl (C=O) groups is 2. The molecule has 1 aromatic heterocycles. The molecule has 1 aromatic rings. The van der Waals surface area contributed by atoms with Gasteiger partial charge in [0.15, 0.2) is 5.69 Å². The van der Waals surface area contributed by atoms with Crippen molar-refractivity contribution in [2.24, 2.45) is 0 Å². The van der Waals surface area contributed by atoms with E-state index < -0.39 is 5.97 Å². The van der Waals surface area contributed by atoms with Gasteiger partial charge < -0.3 is 10.0 Å². The van der Waals surface area contributed by atoms with E-state index in [4.69, 9.17) is 5.11 Å². The molecule has 0 saturated heterocycles. The Bertz CT molecular complexity index is 388. The van der Waals surface area contributed by atoms with E-state index in [1.807, 2.05) is 6.92 Å². The van der Waals surface area contributed by atoms with Crippen LogP contribution in [0.25, 0.3) is 0 Å². The Morgan fingerprint density at radius 1 is 1.56 bits per heavy atom. The third-order valence-corrected chi connectivity index (χ3v) is 2.04. The van der Waals surface area contributed by atoms with Crippen LogP contribution >= 0.6 is 0 Å². The van der Waals surface area contributed by atoms with Crippen molar-refractivity contribution >= 4 is 11.9 Å². The number of hydrogen-bond acceptors (Lipinski definition) is 4. The van der Waals surface area contributed by atoms with E-state index in [9.17, 15) is 9.59 Å². The van der Waals surface area contributed by atoms with Crippen LogP contribution in [0.15, 0.2) is 6.20 Å². The summed E-state index contributed by atoms with van der Waals surface area (Å²) in [6.45, 7) is 2.65. The minimum absolute atomic E-state index is 0.0107. The van der Waals surface area contributed by atoms with Gasteiger partial charge in [-0.05, 0) is 6.42 Å². The second-order valence-corrected chi connectivity index (χ2v) is 3.42. The van der Waals surface area contributed by atoms with Crippen LogP contribution in [0.5, 0.6) is 0 Å². The fraction of sp³-hybridized carbons (Fsp3) is 0.556. The van der Waals surface area contributed by atoms with E-state index in [1.165, 1.54) is 10.9 Å². The van der Waals surface area contributed by atoms with Gasteiger partial charge in [0.05, 0.1) is 6.20 Å². The van der Waals surface area contributed by atoms with E-state index in [-0.39, 0.29) is 18.1 Å². The van der Waals surface area contributed by atoms with E-state index in [1.54, 1.807) is 11.9 Å². The summed E-state index contributed by atoms with van der Waals surface area (Å²) >= 11 is 0. The van der Waals surface area contributed by atoms with Gasteiger partial charge in [-0.25, -0.2) is 9.48 Å². The maximum Gasteiger partial charge on any atom is 0.358 e. The average molecular weight is 226 g/mol. The summed E-state index contributed by atoms with van der Waals surface area (Å²) in [5, 5.41) is 15.6. The van der Waals surface area contributed by atoms with Crippen LogP contribution in [0.2, 0.25) is 0 Å². The molecule has 0 spiro atoms. The molecule has 0 aromatic carbocycles. The molecule has 16 heavy (non-hydrogen) atoms. The molecule has 0 aliphatic carbocycles. The zero-order valence-corrected chi connectivity index (χ0v) is 9.25. The molecule has 1 amide bonds. The van der Waals surface area contributed by atoms with Crippen molar-refractivity contribution in [1.29, 1.82) is 0 Å². The average Bonchev–Trinajstić information content (AvgIpc) is 2.66. The lowest BCUT2D eigenvalue weighted by Gasteiger charge is -2.15. The highest BCUT2D eigenvalue weighted by Gasteiger charge is 2.12. The summed E-state index contributed by atoms with van der Waals surface area (Å²) in [5.74, 6) is -1.27. The number of rotatable bonds is 5. The number of likely N-dealkylation sites (N-methyl/N-ethyl adjacent to an activating group) is 1. The molecular weight excluding hydrogens is 212 g/mol. The molecule has 1 N–H and O–H groups in total. The zero-order chi connectivity index (χ0) is 12.1. The number of carboxylic acids is 1. The van der Waals surface area contributed by atoms with Gasteiger partial charge in [-0.2, -0.15) is 0 Å². The van der Waals surface area contributed by atoms with Crippen LogP contribution in [0.4, 0.5) is 0 Å². The summed E-state index contributed by atoms with van der Waals surface area (Å²) < 4.78 is 1.22. The Balaban J connectivity index is 2.59. The van der Waals surface area contributed by atoms with Crippen LogP contribution in [0, 0.1) is 0 Å². The Kier molecular flexibility index (Phi) is 3.98. The first-order valence-electron chi connectivity index (χ1n) is 4.92. The van der Waals surface area contributed by atoms with Crippen molar-refractivity contribution in [2.75, 3.05) is 13.6 Å². The highest BCUT2D eigenvalue weighted by atomic mass is 16.4. The summed E-state index contributed by atoms with van der Waals surface area (Å²) in [7, 11) is 1.70. The van der Waals surface area contributed by atoms with Crippen LogP contribution in [-0.2, 0) is 11.3 Å². The zero-order valence-electron chi connectivity index (χ0n) is 9.25. The third-order valence-electron chi connectivity index (χ3n) is 2.04. The second kappa shape index (κ2) is 5.24. The highest BCUT2D eigenvalue weighted by molar-refractivity contribution is 5.84. The largest absolute Gasteiger partial charge is 0.476 e. The molecule has 0 saturated carbocycles. The Morgan fingerprint density at radius 3 is 2.75 bits per heavy atom. The number of carbonyl (C=O) groups excluding carboxylic acids is 1. The number of aromatic nitrogens is 3. The summed E-state index contributed by atoms with van der Waals surface area (Å²) in [4.78, 5) is 23.7. The minimum Gasteiger partial charge on any atom is -0.476 e. The monoisotopic (exact) mass is 226 g/mol. The molecule has 1 heterocycles. The van der Waals surface area contributed by atoms with Gasteiger partial charge in [0.25, 0.3) is 0 Å². The predicted octanol–water partition coefficient (Wildman–Crippen LogP) is -0.155. The predicted molar refractivity (Wildman–Crippen MR) is 54.9 cm³/mol. The molecule has 0 bridgehead atoms. The van der Waals surface area contributed by atoms with E-state index >= 15 is 0 Å². The highest BCUT2D eigenvalue weighted by Crippen LogP contribution is 1.95. The first kappa shape index (κ1) is 12.2. The lowest BCUT2D eigenvalue weighted by atomic mass is 10.4. The summed E-state index contributed by atoms with van der Waals surface area (Å²) in [5.41, 5.74) is -0.161. The SMILES string of the molecule is CCCN(C)C(=O)Cn1cc(C(=O)O)nn1. The lowest BCUT2D eigenvalue weighted by molar-refractivity contribution is -0.130. The van der Waals surface area contributed by atoms with Gasteiger partial charge in [-0.3, -0.25) is 4.79 Å². The van der Waals surface area contributed by atoms with Gasteiger partial charge in [-0.15, -0.1) is 5.10 Å². The molecule has 7 heteroatoms. The van der Waals surface area contributed by atoms with Gasteiger partial charge in [0, 0.05) is 13.6 Å². The third kappa shape index (κ3) is 3.04. The molecule has 0 atom stereocenters. The molecule has 0 radical (unpaired) electrons. The van der Waals surface area contributed by atoms with Crippen LogP contribution in [-0.4, -0.2) is 50.5 Å². The quantitative estimate of drug-likeness (QED) is 0.754. The molecular formula is C9H14N4O3. The van der Waals surface area contributed by atoms with Gasteiger partial charge >= 0.3 is 5.97 Å². The van der Waals surface area contributed by atoms with Crippen molar-refractivity contribution in [2.45, 2.75) is 19.9 Å². The van der Waals surface area contributed by atoms with Gasteiger partial charge in [-0.1, -0.05) is 12.1 Å². The van der Waals surface area contributed by atoms with E-state index in [0.717, 1.165) is 6.42 Å². The van der Waals surface area contributed by atoms with Gasteiger partial charge in [0.2, 0.25) is 5.91 Å². The standard InChI is InChI=1S/C9H14N4O3/c1-3-4-12(2)8(14)6-13-5-7(9(15)16)10-11-13/h5H,3-4,6H2,1-2H3,(H,15,16). The Morgan fingerprint density at radius 2 is 2.25 bits per heavy atom. The van der Waals surface area contributed by atoms with Crippen LogP contribution < -0.4 is 0 Å². The van der Waals surface area contributed by atoms with Crippen molar-refractivity contribution in [3.63, 3.8) is 0 Å². The summed E-state index contributed by atoms with van der Waals surface area (Å²) in [6.07, 6.45) is 2.11. The lowest BCUT2D eigenvalue weighted by Crippen LogP contribution is -2.30. The maximum atomic E-state index is 11.6. The fourth-order valence-electron chi connectivity index (χ4n) is 1.19. The van der Waals surface area contributed by atoms with Crippen LogP contribution in [0.3, 0.4) is 0 Å². The van der Waals surface area contributed by atoms with Gasteiger partial charge in [0.1, 0.15) is 6.54 Å². The summed E-state index contributed by atoms with van der Waals surface area (Å²) in [6, 6.07) is 0. The number of aromatic carboxylic acids is 1. The number of carboxylic acid groups (broad SMARTS) is 1. The normalized spacial score (nSPS) is 10.1. The van der Waals surface area contributed by atoms with E-state index in [2.05, 4.69) is 10.3 Å². The topological polar surface area (TPSA) is 88.3 Å².